The maximum Gasteiger partial charge on any atom is 0.231 e. The molecular formula is C14H9Cl2NO2. The second kappa shape index (κ2) is 5.11. The highest BCUT2D eigenvalue weighted by Gasteiger charge is 2.12. The molecule has 0 aromatic heterocycles. The number of nitrogens with zero attached hydrogens (tertiary/aromatic N) is 1. The predicted molar refractivity (Wildman–Crippen MR) is 76.3 cm³/mol. The number of halogens is 2. The largest absolute Gasteiger partial charge is 0.454 e. The van der Waals surface area contributed by atoms with Crippen LogP contribution in [-0.2, 0) is 0 Å². The summed E-state index contributed by atoms with van der Waals surface area (Å²) in [6, 6.07) is 10.8. The van der Waals surface area contributed by atoms with Crippen molar-refractivity contribution in [1.82, 2.24) is 0 Å². The Morgan fingerprint density at radius 3 is 2.47 bits per heavy atom. The molecule has 96 valence electrons. The molecular weight excluding hydrogens is 285 g/mol. The Kier molecular flexibility index (Phi) is 3.32. The number of fused-ring (bicyclic) bond motifs is 1. The molecule has 0 saturated carbocycles. The first-order valence-corrected chi connectivity index (χ1v) is 6.36. The molecule has 0 bridgehead atoms. The van der Waals surface area contributed by atoms with Crippen LogP contribution in [0.15, 0.2) is 41.4 Å². The third-order valence-electron chi connectivity index (χ3n) is 2.61. The van der Waals surface area contributed by atoms with Crippen molar-refractivity contribution in [2.24, 2.45) is 4.99 Å². The van der Waals surface area contributed by atoms with Gasteiger partial charge in [0.15, 0.2) is 11.5 Å². The van der Waals surface area contributed by atoms with Crippen LogP contribution in [0.25, 0.3) is 0 Å². The molecule has 0 N–H and O–H groups in total. The minimum atomic E-state index is 0.264. The van der Waals surface area contributed by atoms with Crippen molar-refractivity contribution in [2.45, 2.75) is 0 Å². The van der Waals surface area contributed by atoms with E-state index in [1.54, 1.807) is 24.4 Å². The van der Waals surface area contributed by atoms with Crippen LogP contribution in [0.3, 0.4) is 0 Å². The molecule has 1 heterocycles. The van der Waals surface area contributed by atoms with E-state index < -0.39 is 0 Å². The van der Waals surface area contributed by atoms with E-state index >= 15 is 0 Å². The van der Waals surface area contributed by atoms with Crippen molar-refractivity contribution < 1.29 is 9.47 Å². The van der Waals surface area contributed by atoms with Crippen LogP contribution in [0.1, 0.15) is 5.56 Å². The normalized spacial score (nSPS) is 13.2. The summed E-state index contributed by atoms with van der Waals surface area (Å²) in [4.78, 5) is 4.33. The number of benzene rings is 2. The first kappa shape index (κ1) is 12.3. The highest BCUT2D eigenvalue weighted by molar-refractivity contribution is 6.35. The lowest BCUT2D eigenvalue weighted by atomic mass is 10.2. The maximum atomic E-state index is 5.91. The third-order valence-corrected chi connectivity index (χ3v) is 3.04. The fraction of sp³-hybridized carbons (Fsp3) is 0.0714. The Morgan fingerprint density at radius 1 is 0.947 bits per heavy atom. The first-order chi connectivity index (χ1) is 9.20. The number of hydrogen-bond donors (Lipinski definition) is 0. The van der Waals surface area contributed by atoms with E-state index in [4.69, 9.17) is 32.7 Å². The Labute approximate surface area is 120 Å². The predicted octanol–water partition coefficient (Wildman–Crippen LogP) is 4.47. The van der Waals surface area contributed by atoms with Crippen molar-refractivity contribution in [3.63, 3.8) is 0 Å². The maximum absolute atomic E-state index is 5.91. The zero-order valence-electron chi connectivity index (χ0n) is 9.77. The Balaban J connectivity index is 1.86. The molecule has 0 amide bonds. The highest BCUT2D eigenvalue weighted by Crippen LogP contribution is 2.32. The van der Waals surface area contributed by atoms with Gasteiger partial charge in [-0.2, -0.15) is 0 Å². The van der Waals surface area contributed by atoms with Gasteiger partial charge < -0.3 is 9.47 Å². The van der Waals surface area contributed by atoms with Gasteiger partial charge in [-0.3, -0.25) is 4.99 Å². The molecule has 19 heavy (non-hydrogen) atoms. The molecule has 0 spiro atoms. The van der Waals surface area contributed by atoms with Crippen LogP contribution in [0, 0.1) is 0 Å². The number of rotatable bonds is 2. The van der Waals surface area contributed by atoms with E-state index in [1.807, 2.05) is 18.2 Å². The van der Waals surface area contributed by atoms with Crippen molar-refractivity contribution >= 4 is 35.1 Å². The van der Waals surface area contributed by atoms with E-state index in [2.05, 4.69) is 4.99 Å². The van der Waals surface area contributed by atoms with Crippen LogP contribution in [0.2, 0.25) is 10.0 Å². The van der Waals surface area contributed by atoms with Gasteiger partial charge in [-0.1, -0.05) is 23.2 Å². The van der Waals surface area contributed by atoms with Crippen LogP contribution in [-0.4, -0.2) is 13.0 Å². The molecule has 1 aliphatic rings. The SMILES string of the molecule is Clc1cc(Cl)cc(N=Cc2ccc3c(c2)OCO3)c1. The van der Waals surface area contributed by atoms with Crippen LogP contribution < -0.4 is 9.47 Å². The van der Waals surface area contributed by atoms with Crippen LogP contribution in [0.5, 0.6) is 11.5 Å². The molecule has 2 aromatic carbocycles. The lowest BCUT2D eigenvalue weighted by molar-refractivity contribution is 0.174. The fourth-order valence-corrected chi connectivity index (χ4v) is 2.27. The quantitative estimate of drug-likeness (QED) is 0.765. The van der Waals surface area contributed by atoms with Crippen molar-refractivity contribution in [1.29, 1.82) is 0 Å². The summed E-state index contributed by atoms with van der Waals surface area (Å²) < 4.78 is 10.5. The van der Waals surface area contributed by atoms with Gasteiger partial charge in [-0.25, -0.2) is 0 Å². The zero-order valence-corrected chi connectivity index (χ0v) is 11.3. The number of ether oxygens (including phenoxy) is 2. The molecule has 0 radical (unpaired) electrons. The van der Waals surface area contributed by atoms with E-state index in [1.165, 1.54) is 0 Å². The average Bonchev–Trinajstić information content (AvgIpc) is 2.82. The molecule has 5 heteroatoms. The Morgan fingerprint density at radius 2 is 1.68 bits per heavy atom. The van der Waals surface area contributed by atoms with Gasteiger partial charge in [0.25, 0.3) is 0 Å². The van der Waals surface area contributed by atoms with Crippen LogP contribution in [0.4, 0.5) is 5.69 Å². The summed E-state index contributed by atoms with van der Waals surface area (Å²) in [5.74, 6) is 1.48. The van der Waals surface area contributed by atoms with Crippen LogP contribution >= 0.6 is 23.2 Å². The van der Waals surface area contributed by atoms with Gasteiger partial charge >= 0.3 is 0 Å². The third kappa shape index (κ3) is 2.83. The topological polar surface area (TPSA) is 30.8 Å². The van der Waals surface area contributed by atoms with Gasteiger partial charge in [0.05, 0.1) is 5.69 Å². The smallest absolute Gasteiger partial charge is 0.231 e. The van der Waals surface area contributed by atoms with E-state index in [0.717, 1.165) is 17.1 Å². The second-order valence-electron chi connectivity index (χ2n) is 4.00. The van der Waals surface area contributed by atoms with Gasteiger partial charge in [0.1, 0.15) is 0 Å². The molecule has 0 atom stereocenters. The monoisotopic (exact) mass is 293 g/mol. The number of aliphatic imine (C=N–C) groups is 1. The summed E-state index contributed by atoms with van der Waals surface area (Å²) in [5.41, 5.74) is 1.62. The Hall–Kier alpha value is -1.71. The van der Waals surface area contributed by atoms with Crippen molar-refractivity contribution in [3.05, 3.63) is 52.0 Å². The van der Waals surface area contributed by atoms with E-state index in [9.17, 15) is 0 Å². The molecule has 3 rings (SSSR count). The summed E-state index contributed by atoms with van der Waals surface area (Å²) in [6.45, 7) is 0.264. The molecule has 0 fully saturated rings. The molecule has 2 aromatic rings. The van der Waals surface area contributed by atoms with Gasteiger partial charge in [-0.05, 0) is 42.0 Å². The molecule has 0 aliphatic carbocycles. The molecule has 1 aliphatic heterocycles. The van der Waals surface area contributed by atoms with E-state index in [0.29, 0.717) is 15.7 Å². The molecule has 3 nitrogen and oxygen atoms in total. The standard InChI is InChI=1S/C14H9Cl2NO2/c15-10-4-11(16)6-12(5-10)17-7-9-1-2-13-14(3-9)19-8-18-13/h1-7H,8H2. The zero-order chi connectivity index (χ0) is 13.2. The van der Waals surface area contributed by atoms with E-state index in [-0.39, 0.29) is 6.79 Å². The summed E-state index contributed by atoms with van der Waals surface area (Å²) in [6.07, 6.45) is 1.73. The number of hydrogen-bond acceptors (Lipinski definition) is 3. The van der Waals surface area contributed by atoms with Gasteiger partial charge in [-0.15, -0.1) is 0 Å². The molecule has 0 saturated heterocycles. The molecule has 0 unspecified atom stereocenters. The minimum Gasteiger partial charge on any atom is -0.454 e. The first-order valence-electron chi connectivity index (χ1n) is 5.60. The van der Waals surface area contributed by atoms with Crippen molar-refractivity contribution in [2.75, 3.05) is 6.79 Å². The lowest BCUT2D eigenvalue weighted by Crippen LogP contribution is -1.92. The highest BCUT2D eigenvalue weighted by atomic mass is 35.5. The van der Waals surface area contributed by atoms with Gasteiger partial charge in [0, 0.05) is 16.3 Å². The second-order valence-corrected chi connectivity index (χ2v) is 4.87. The summed E-state index contributed by atoms with van der Waals surface area (Å²) in [5, 5.41) is 1.12. The van der Waals surface area contributed by atoms with Crippen molar-refractivity contribution in [3.8, 4) is 11.5 Å². The van der Waals surface area contributed by atoms with Gasteiger partial charge in [0.2, 0.25) is 6.79 Å². The summed E-state index contributed by atoms with van der Waals surface area (Å²) in [7, 11) is 0. The fourth-order valence-electron chi connectivity index (χ4n) is 1.76. The lowest BCUT2D eigenvalue weighted by Gasteiger charge is -1.99. The minimum absolute atomic E-state index is 0.264. The average molecular weight is 294 g/mol. The Bertz CT molecular complexity index is 636. The summed E-state index contributed by atoms with van der Waals surface area (Å²) >= 11 is 11.8.